The lowest BCUT2D eigenvalue weighted by molar-refractivity contribution is -0.384. The molecule has 0 spiro atoms. The third-order valence-corrected chi connectivity index (χ3v) is 3.03. The molecule has 2 aromatic rings. The van der Waals surface area contributed by atoms with Crippen LogP contribution in [0, 0.1) is 10.1 Å². The van der Waals surface area contributed by atoms with Gasteiger partial charge in [-0.2, -0.15) is 0 Å². The number of nitrogens with one attached hydrogen (secondary N) is 1. The Hall–Kier alpha value is -2.48. The molecule has 1 heterocycles. The fourth-order valence-corrected chi connectivity index (χ4v) is 1.93. The number of hydrogen-bond donors (Lipinski definition) is 1. The van der Waals surface area contributed by atoms with E-state index in [-0.39, 0.29) is 11.5 Å². The van der Waals surface area contributed by atoms with Crippen molar-refractivity contribution in [3.05, 3.63) is 56.7 Å². The molecule has 1 aromatic heterocycles. The average molecular weight is 352 g/mol. The Labute approximate surface area is 128 Å². The number of esters is 1. The zero-order valence-electron chi connectivity index (χ0n) is 10.9. The molecular formula is C13H10BrN3O4. The Morgan fingerprint density at radius 2 is 2.05 bits per heavy atom. The number of benzene rings is 1. The lowest BCUT2D eigenvalue weighted by Crippen LogP contribution is -2.02. The second-order valence-electron chi connectivity index (χ2n) is 3.97. The first-order chi connectivity index (χ1) is 10.0. The van der Waals surface area contributed by atoms with Crippen LogP contribution in [0.15, 0.2) is 41.0 Å². The zero-order chi connectivity index (χ0) is 15.4. The second-order valence-corrected chi connectivity index (χ2v) is 4.89. The van der Waals surface area contributed by atoms with Gasteiger partial charge in [-0.25, -0.2) is 9.78 Å². The highest BCUT2D eigenvalue weighted by molar-refractivity contribution is 9.10. The van der Waals surface area contributed by atoms with Gasteiger partial charge in [-0.1, -0.05) is 0 Å². The number of carbonyl (C=O) groups is 1. The van der Waals surface area contributed by atoms with Crippen molar-refractivity contribution in [1.29, 1.82) is 0 Å². The number of nitro groups is 1. The number of ether oxygens (including phenoxy) is 1. The second kappa shape index (κ2) is 6.31. The normalized spacial score (nSPS) is 10.0. The number of rotatable bonds is 4. The molecule has 0 saturated heterocycles. The quantitative estimate of drug-likeness (QED) is 0.516. The van der Waals surface area contributed by atoms with Gasteiger partial charge in [0.2, 0.25) is 5.82 Å². The summed E-state index contributed by atoms with van der Waals surface area (Å²) in [5, 5.41) is 13.8. The predicted octanol–water partition coefficient (Wildman–Crippen LogP) is 3.28. The van der Waals surface area contributed by atoms with Gasteiger partial charge in [0.25, 0.3) is 0 Å². The maximum Gasteiger partial charge on any atom is 0.337 e. The van der Waals surface area contributed by atoms with E-state index in [0.29, 0.717) is 15.7 Å². The molecule has 0 aliphatic heterocycles. The molecule has 108 valence electrons. The minimum absolute atomic E-state index is 0.119. The summed E-state index contributed by atoms with van der Waals surface area (Å²) >= 11 is 3.14. The Morgan fingerprint density at radius 1 is 1.38 bits per heavy atom. The SMILES string of the molecule is COC(=O)c1ccc(Nc2ncc(Br)cc2[N+](=O)[O-])cc1. The highest BCUT2D eigenvalue weighted by Crippen LogP contribution is 2.28. The topological polar surface area (TPSA) is 94.4 Å². The maximum absolute atomic E-state index is 11.3. The van der Waals surface area contributed by atoms with E-state index in [1.165, 1.54) is 19.4 Å². The molecule has 2 rings (SSSR count). The average Bonchev–Trinajstić information content (AvgIpc) is 2.49. The predicted molar refractivity (Wildman–Crippen MR) is 79.7 cm³/mol. The summed E-state index contributed by atoms with van der Waals surface area (Å²) in [7, 11) is 1.30. The van der Waals surface area contributed by atoms with Crippen LogP contribution in [0.2, 0.25) is 0 Å². The van der Waals surface area contributed by atoms with Crippen molar-refractivity contribution in [2.75, 3.05) is 12.4 Å². The molecule has 0 aliphatic carbocycles. The third-order valence-electron chi connectivity index (χ3n) is 2.60. The standard InChI is InChI=1S/C13H10BrN3O4/c1-21-13(18)8-2-4-10(5-3-8)16-12-11(17(19)20)6-9(14)7-15-12/h2-7H,1H3,(H,15,16). The first kappa shape index (κ1) is 14.9. The van der Waals surface area contributed by atoms with Crippen LogP contribution in [0.1, 0.15) is 10.4 Å². The molecule has 0 aliphatic rings. The van der Waals surface area contributed by atoms with Crippen molar-refractivity contribution in [3.63, 3.8) is 0 Å². The van der Waals surface area contributed by atoms with E-state index in [1.54, 1.807) is 24.3 Å². The molecule has 8 heteroatoms. The van der Waals surface area contributed by atoms with Crippen LogP contribution >= 0.6 is 15.9 Å². The van der Waals surface area contributed by atoms with Crippen molar-refractivity contribution in [2.45, 2.75) is 0 Å². The van der Waals surface area contributed by atoms with Crippen molar-refractivity contribution >= 4 is 39.1 Å². The Bertz CT molecular complexity index is 688. The molecule has 0 unspecified atom stereocenters. The Balaban J connectivity index is 2.26. The Kier molecular flexibility index (Phi) is 4.49. The van der Waals surface area contributed by atoms with Gasteiger partial charge < -0.3 is 10.1 Å². The van der Waals surface area contributed by atoms with Gasteiger partial charge in [0.15, 0.2) is 0 Å². The molecule has 0 bridgehead atoms. The number of nitrogens with zero attached hydrogens (tertiary/aromatic N) is 2. The van der Waals surface area contributed by atoms with Crippen LogP contribution in [-0.4, -0.2) is 23.0 Å². The van der Waals surface area contributed by atoms with E-state index >= 15 is 0 Å². The molecule has 0 fully saturated rings. The Morgan fingerprint density at radius 3 is 2.62 bits per heavy atom. The van der Waals surface area contributed by atoms with Gasteiger partial charge in [-0.15, -0.1) is 0 Å². The van der Waals surface area contributed by atoms with Gasteiger partial charge in [0.05, 0.1) is 17.6 Å². The molecular weight excluding hydrogens is 342 g/mol. The minimum atomic E-state index is -0.525. The van der Waals surface area contributed by atoms with Gasteiger partial charge in [0, 0.05) is 22.4 Å². The van der Waals surface area contributed by atoms with Gasteiger partial charge >= 0.3 is 11.7 Å². The van der Waals surface area contributed by atoms with Crippen molar-refractivity contribution in [3.8, 4) is 0 Å². The van der Waals surface area contributed by atoms with Crippen molar-refractivity contribution < 1.29 is 14.5 Å². The summed E-state index contributed by atoms with van der Waals surface area (Å²) in [6.07, 6.45) is 1.46. The molecule has 0 amide bonds. The minimum Gasteiger partial charge on any atom is -0.465 e. The summed E-state index contributed by atoms with van der Waals surface area (Å²) in [5.41, 5.74) is 0.809. The molecule has 7 nitrogen and oxygen atoms in total. The molecule has 0 radical (unpaired) electrons. The van der Waals surface area contributed by atoms with Crippen LogP contribution in [0.3, 0.4) is 0 Å². The van der Waals surface area contributed by atoms with E-state index in [0.717, 1.165) is 0 Å². The van der Waals surface area contributed by atoms with Crippen LogP contribution < -0.4 is 5.32 Å². The van der Waals surface area contributed by atoms with Crippen LogP contribution in [0.5, 0.6) is 0 Å². The zero-order valence-corrected chi connectivity index (χ0v) is 12.5. The van der Waals surface area contributed by atoms with E-state index in [1.807, 2.05) is 0 Å². The highest BCUT2D eigenvalue weighted by Gasteiger charge is 2.16. The number of anilines is 2. The fourth-order valence-electron chi connectivity index (χ4n) is 1.61. The summed E-state index contributed by atoms with van der Waals surface area (Å²) in [4.78, 5) is 25.8. The maximum atomic E-state index is 11.3. The smallest absolute Gasteiger partial charge is 0.337 e. The van der Waals surface area contributed by atoms with Gasteiger partial charge in [0.1, 0.15) is 0 Å². The number of carbonyl (C=O) groups excluding carboxylic acids is 1. The van der Waals surface area contributed by atoms with Crippen LogP contribution in [0.25, 0.3) is 0 Å². The number of halogens is 1. The molecule has 0 saturated carbocycles. The lowest BCUT2D eigenvalue weighted by atomic mass is 10.2. The number of pyridine rings is 1. The van der Waals surface area contributed by atoms with E-state index in [4.69, 9.17) is 0 Å². The largest absolute Gasteiger partial charge is 0.465 e. The first-order valence-electron chi connectivity index (χ1n) is 5.76. The number of hydrogen-bond acceptors (Lipinski definition) is 6. The van der Waals surface area contributed by atoms with E-state index in [9.17, 15) is 14.9 Å². The molecule has 21 heavy (non-hydrogen) atoms. The number of aromatic nitrogens is 1. The molecule has 1 N–H and O–H groups in total. The van der Waals surface area contributed by atoms with Crippen LogP contribution in [-0.2, 0) is 4.74 Å². The summed E-state index contributed by atoms with van der Waals surface area (Å²) in [5.74, 6) is -0.330. The van der Waals surface area contributed by atoms with Gasteiger partial charge in [-0.05, 0) is 40.2 Å². The summed E-state index contributed by atoms with van der Waals surface area (Å²) in [6.45, 7) is 0. The number of methoxy groups -OCH3 is 1. The first-order valence-corrected chi connectivity index (χ1v) is 6.56. The third kappa shape index (κ3) is 3.54. The monoisotopic (exact) mass is 351 g/mol. The summed E-state index contributed by atoms with van der Waals surface area (Å²) in [6, 6.07) is 7.69. The molecule has 0 atom stereocenters. The lowest BCUT2D eigenvalue weighted by Gasteiger charge is -2.07. The van der Waals surface area contributed by atoms with Crippen molar-refractivity contribution in [1.82, 2.24) is 4.98 Å². The van der Waals surface area contributed by atoms with E-state index in [2.05, 4.69) is 31.0 Å². The molecule has 1 aromatic carbocycles. The van der Waals surface area contributed by atoms with Gasteiger partial charge in [-0.3, -0.25) is 10.1 Å². The fraction of sp³-hybridized carbons (Fsp3) is 0.0769. The van der Waals surface area contributed by atoms with Crippen LogP contribution in [0.4, 0.5) is 17.2 Å². The highest BCUT2D eigenvalue weighted by atomic mass is 79.9. The van der Waals surface area contributed by atoms with E-state index < -0.39 is 10.9 Å². The summed E-state index contributed by atoms with van der Waals surface area (Å²) < 4.78 is 5.11. The van der Waals surface area contributed by atoms with Crippen molar-refractivity contribution in [2.24, 2.45) is 0 Å².